The molecule has 2 aliphatic heterocycles. The zero-order valence-corrected chi connectivity index (χ0v) is 43.3. The molecule has 2 aliphatic rings. The molecule has 0 atom stereocenters. The van der Waals surface area contributed by atoms with Gasteiger partial charge in [-0.2, -0.15) is 0 Å². The Hall–Kier alpha value is -6.21. The van der Waals surface area contributed by atoms with Gasteiger partial charge in [0.25, 0.3) is 0 Å². The highest BCUT2D eigenvalue weighted by atomic mass is 35.5. The van der Waals surface area contributed by atoms with E-state index in [1.165, 1.54) is 38.8 Å². The lowest BCUT2D eigenvalue weighted by Crippen LogP contribution is -2.47. The Morgan fingerprint density at radius 2 is 1.64 bits per heavy atom. The number of para-hydroxylation sites is 1. The van der Waals surface area contributed by atoms with Crippen LogP contribution in [-0.2, 0) is 37.3 Å². The molecule has 1 saturated heterocycles. The van der Waals surface area contributed by atoms with Crippen molar-refractivity contribution < 1.29 is 36.3 Å². The van der Waals surface area contributed by atoms with Gasteiger partial charge in [-0.05, 0) is 110 Å². The quantitative estimate of drug-likeness (QED) is 0.0680. The third-order valence-corrected chi connectivity index (χ3v) is 15.2. The lowest BCUT2D eigenvalue weighted by molar-refractivity contribution is -0.146. The number of furan rings is 1. The lowest BCUT2D eigenvalue weighted by Gasteiger charge is -2.36. The maximum absolute atomic E-state index is 13.6. The lowest BCUT2D eigenvalue weighted by atomic mass is 10.1. The van der Waals surface area contributed by atoms with Crippen molar-refractivity contribution >= 4 is 90.5 Å². The summed E-state index contributed by atoms with van der Waals surface area (Å²) in [6.07, 6.45) is 3.27. The monoisotopic (exact) mass is 1070 g/mol. The van der Waals surface area contributed by atoms with Gasteiger partial charge in [0.1, 0.15) is 58.3 Å². The zero-order valence-electron chi connectivity index (χ0n) is 40.1. The van der Waals surface area contributed by atoms with Crippen LogP contribution in [0.3, 0.4) is 0 Å². The summed E-state index contributed by atoms with van der Waals surface area (Å²) in [5.74, 6) is 0.403. The highest BCUT2D eigenvalue weighted by Crippen LogP contribution is 2.48. The minimum Gasteiger partial charge on any atom is -0.487 e. The summed E-state index contributed by atoms with van der Waals surface area (Å²) in [6.45, 7) is 6.27. The van der Waals surface area contributed by atoms with E-state index in [1.54, 1.807) is 54.2 Å². The fourth-order valence-electron chi connectivity index (χ4n) is 8.76. The number of hydrogen-bond donors (Lipinski definition) is 1. The third kappa shape index (κ3) is 13.9. The van der Waals surface area contributed by atoms with Crippen LogP contribution in [0.25, 0.3) is 22.2 Å². The molecule has 73 heavy (non-hydrogen) atoms. The first-order valence-electron chi connectivity index (χ1n) is 24.0. The first-order valence-corrected chi connectivity index (χ1v) is 27.6. The van der Waals surface area contributed by atoms with Crippen LogP contribution in [0, 0.1) is 5.82 Å². The SMILES string of the molecule is CS(=O)(=O)CCN(Cc1ccc(-c2ccc3ncnc(Nc4ccc(OCc5cccc(F)c5)c(Cl)c4)c3c2)o1)C(=O)CCC(=O)OCCN1CCN(CCCN2c3ccccc3Sc3ccc(Cl)cc32)CC1. The number of esters is 1. The van der Waals surface area contributed by atoms with Gasteiger partial charge < -0.3 is 33.9 Å². The topological polar surface area (TPSA) is 151 Å². The Kier molecular flexibility index (Phi) is 16.8. The first-order chi connectivity index (χ1) is 35.3. The Bertz CT molecular complexity index is 3210. The molecule has 0 unspecified atom stereocenters. The number of hydrogen-bond acceptors (Lipinski definition) is 14. The largest absolute Gasteiger partial charge is 0.487 e. The minimum absolute atomic E-state index is 0.00418. The number of ether oxygens (including phenoxy) is 2. The molecule has 0 bridgehead atoms. The van der Waals surface area contributed by atoms with Gasteiger partial charge in [-0.3, -0.25) is 14.5 Å². The zero-order chi connectivity index (χ0) is 50.9. The van der Waals surface area contributed by atoms with Crippen molar-refractivity contribution in [2.75, 3.05) is 81.2 Å². The average Bonchev–Trinajstić information content (AvgIpc) is 3.85. The van der Waals surface area contributed by atoms with Crippen LogP contribution in [0.4, 0.5) is 27.3 Å². The van der Waals surface area contributed by atoms with Crippen LogP contribution in [-0.4, -0.2) is 116 Å². The smallest absolute Gasteiger partial charge is 0.306 e. The number of carbonyl (C=O) groups is 2. The minimum atomic E-state index is -3.41. The fraction of sp³-hybridized carbons (Fsp3) is 0.296. The van der Waals surface area contributed by atoms with Gasteiger partial charge in [-0.1, -0.05) is 59.2 Å². The molecular weight excluding hydrogens is 1010 g/mol. The second-order valence-electron chi connectivity index (χ2n) is 17.9. The van der Waals surface area contributed by atoms with Gasteiger partial charge in [0, 0.05) is 89.9 Å². The van der Waals surface area contributed by atoms with Crippen LogP contribution in [0.15, 0.2) is 136 Å². The highest BCUT2D eigenvalue weighted by Gasteiger charge is 2.25. The summed E-state index contributed by atoms with van der Waals surface area (Å²) >= 11 is 14.8. The van der Waals surface area contributed by atoms with Crippen LogP contribution in [0.5, 0.6) is 5.75 Å². The number of rotatable bonds is 21. The molecule has 14 nitrogen and oxygen atoms in total. The van der Waals surface area contributed by atoms with Gasteiger partial charge in [-0.15, -0.1) is 0 Å². The number of carbonyl (C=O) groups excluding carboxylic acids is 2. The molecule has 4 heterocycles. The molecule has 9 rings (SSSR count). The van der Waals surface area contributed by atoms with E-state index < -0.39 is 21.7 Å². The van der Waals surface area contributed by atoms with Crippen molar-refractivity contribution in [3.05, 3.63) is 149 Å². The van der Waals surface area contributed by atoms with E-state index in [1.807, 2.05) is 24.3 Å². The predicted octanol–water partition coefficient (Wildman–Crippen LogP) is 10.7. The molecule has 0 radical (unpaired) electrons. The number of aromatic nitrogens is 2. The van der Waals surface area contributed by atoms with Crippen molar-refractivity contribution in [3.8, 4) is 17.1 Å². The van der Waals surface area contributed by atoms with Crippen molar-refractivity contribution in [2.45, 2.75) is 42.2 Å². The molecule has 2 aromatic heterocycles. The Balaban J connectivity index is 0.734. The molecule has 380 valence electrons. The van der Waals surface area contributed by atoms with Gasteiger partial charge in [0.15, 0.2) is 0 Å². The van der Waals surface area contributed by atoms with Crippen molar-refractivity contribution in [1.82, 2.24) is 24.7 Å². The molecule has 1 amide bonds. The molecule has 0 aliphatic carbocycles. The summed E-state index contributed by atoms with van der Waals surface area (Å²) in [5.41, 5.74) is 5.05. The standard InChI is InChI=1S/C54H54Cl2FN7O7S2/c1-73(67,68)29-27-63(52(65)18-19-53(66)69-28-26-62-24-22-61(23-25-62)20-5-21-64-46-8-2-3-9-50(46)72-51-17-11-39(55)32-47(51)64)34-42-13-16-48(71-42)38-10-14-45-43(31-38)54(59-36-58-45)60-41-12-15-49(44(56)33-41)70-35-37-6-4-7-40(57)30-37/h2-4,6-17,30-33,36H,5,18-29,34-35H2,1H3,(H,58,59,60). The number of piperazine rings is 1. The maximum atomic E-state index is 13.6. The summed E-state index contributed by atoms with van der Waals surface area (Å²) in [5, 5.41) is 5.08. The Morgan fingerprint density at radius 3 is 2.45 bits per heavy atom. The van der Waals surface area contributed by atoms with E-state index in [4.69, 9.17) is 37.1 Å². The number of fused-ring (bicyclic) bond motifs is 3. The van der Waals surface area contributed by atoms with Crippen LogP contribution >= 0.6 is 35.0 Å². The first kappa shape index (κ1) is 51.7. The normalized spacial score (nSPS) is 13.9. The molecular formula is C54H54Cl2FN7O7S2. The fourth-order valence-corrected chi connectivity index (χ4v) is 10.8. The van der Waals surface area contributed by atoms with E-state index in [0.29, 0.717) is 62.4 Å². The summed E-state index contributed by atoms with van der Waals surface area (Å²) in [4.78, 5) is 46.3. The van der Waals surface area contributed by atoms with E-state index in [0.717, 1.165) is 62.7 Å². The molecule has 7 aromatic rings. The third-order valence-electron chi connectivity index (χ3n) is 12.6. The molecule has 0 spiro atoms. The highest BCUT2D eigenvalue weighted by molar-refractivity contribution is 7.99. The second-order valence-corrected chi connectivity index (χ2v) is 22.1. The number of nitrogens with zero attached hydrogens (tertiary/aromatic N) is 6. The van der Waals surface area contributed by atoms with E-state index >= 15 is 0 Å². The molecule has 1 N–H and O–H groups in total. The predicted molar refractivity (Wildman–Crippen MR) is 285 cm³/mol. The number of amides is 1. The van der Waals surface area contributed by atoms with Crippen LogP contribution in [0.2, 0.25) is 10.0 Å². The molecule has 0 saturated carbocycles. The van der Waals surface area contributed by atoms with E-state index in [2.05, 4.69) is 66.4 Å². The van der Waals surface area contributed by atoms with Crippen LogP contribution < -0.4 is 15.0 Å². The number of benzene rings is 5. The van der Waals surface area contributed by atoms with Crippen molar-refractivity contribution in [2.24, 2.45) is 0 Å². The molecule has 5 aromatic carbocycles. The van der Waals surface area contributed by atoms with Crippen molar-refractivity contribution in [3.63, 3.8) is 0 Å². The summed E-state index contributed by atoms with van der Waals surface area (Å²) in [7, 11) is -3.41. The maximum Gasteiger partial charge on any atom is 0.306 e. The van der Waals surface area contributed by atoms with Gasteiger partial charge in [0.2, 0.25) is 5.91 Å². The second kappa shape index (κ2) is 23.8. The molecule has 19 heteroatoms. The van der Waals surface area contributed by atoms with E-state index in [9.17, 15) is 22.4 Å². The van der Waals surface area contributed by atoms with E-state index in [-0.39, 0.29) is 50.7 Å². The number of anilines is 4. The Labute approximate surface area is 438 Å². The van der Waals surface area contributed by atoms with Gasteiger partial charge in [-0.25, -0.2) is 22.8 Å². The number of sulfone groups is 1. The van der Waals surface area contributed by atoms with Crippen LogP contribution in [0.1, 0.15) is 30.6 Å². The average molecular weight is 1070 g/mol. The van der Waals surface area contributed by atoms with Gasteiger partial charge in [0.05, 0.1) is 40.6 Å². The summed E-state index contributed by atoms with van der Waals surface area (Å²) in [6, 6.07) is 35.0. The van der Waals surface area contributed by atoms with Gasteiger partial charge >= 0.3 is 5.97 Å². The molecule has 1 fully saturated rings. The van der Waals surface area contributed by atoms with Crippen molar-refractivity contribution in [1.29, 1.82) is 0 Å². The summed E-state index contributed by atoms with van der Waals surface area (Å²) < 4.78 is 55.7. The number of nitrogens with one attached hydrogen (secondary N) is 1. The number of halogens is 3. The Morgan fingerprint density at radius 1 is 0.836 bits per heavy atom.